The molecule has 3 aromatic rings. The van der Waals surface area contributed by atoms with Crippen molar-refractivity contribution in [3.8, 4) is 17.2 Å². The predicted molar refractivity (Wildman–Crippen MR) is 129 cm³/mol. The maximum absolute atomic E-state index is 11.1. The van der Waals surface area contributed by atoms with Crippen molar-refractivity contribution in [1.82, 2.24) is 0 Å². The predicted octanol–water partition coefficient (Wildman–Crippen LogP) is 6.05. The molecule has 4 atom stereocenters. The number of hydrogen-bond donors (Lipinski definition) is 1. The zero-order valence-electron chi connectivity index (χ0n) is 18.4. The Bertz CT molecular complexity index is 959. The molecule has 0 saturated carbocycles. The molecule has 0 aliphatic rings. The summed E-state index contributed by atoms with van der Waals surface area (Å²) in [7, 11) is 0. The molecule has 3 rings (SSSR count). The number of hydrogen-bond acceptors (Lipinski definition) is 4. The van der Waals surface area contributed by atoms with Crippen LogP contribution in [-0.4, -0.2) is 34.9 Å². The Morgan fingerprint density at radius 2 is 0.969 bits per heavy atom. The van der Waals surface area contributed by atoms with E-state index in [1.54, 1.807) is 12.1 Å². The van der Waals surface area contributed by atoms with Crippen molar-refractivity contribution >= 4 is 23.2 Å². The van der Waals surface area contributed by atoms with Crippen molar-refractivity contribution in [2.75, 3.05) is 5.88 Å². The average Bonchev–Trinajstić information content (AvgIpc) is 2.79. The van der Waals surface area contributed by atoms with Crippen molar-refractivity contribution in [1.29, 1.82) is 0 Å². The lowest BCUT2D eigenvalue weighted by molar-refractivity contribution is -0.126. The number of aliphatic hydroxyl groups excluding tert-OH is 1. The van der Waals surface area contributed by atoms with Gasteiger partial charge < -0.3 is 19.3 Å². The molecule has 0 aliphatic carbocycles. The fourth-order valence-electron chi connectivity index (χ4n) is 3.09. The van der Waals surface area contributed by atoms with Gasteiger partial charge in [0.05, 0.1) is 5.38 Å². The molecule has 0 radical (unpaired) electrons. The smallest absolute Gasteiger partial charge is 0.238 e. The van der Waals surface area contributed by atoms with Crippen LogP contribution in [0.1, 0.15) is 16.7 Å². The van der Waals surface area contributed by atoms with Crippen molar-refractivity contribution in [3.63, 3.8) is 0 Å². The Morgan fingerprint density at radius 3 is 1.34 bits per heavy atom. The lowest BCUT2D eigenvalue weighted by Crippen LogP contribution is -2.52. The van der Waals surface area contributed by atoms with Gasteiger partial charge in [-0.3, -0.25) is 0 Å². The van der Waals surface area contributed by atoms with Crippen molar-refractivity contribution in [2.45, 2.75) is 44.6 Å². The first-order valence-corrected chi connectivity index (χ1v) is 11.4. The molecule has 0 amide bonds. The van der Waals surface area contributed by atoms with Crippen LogP contribution < -0.4 is 14.2 Å². The van der Waals surface area contributed by atoms with Gasteiger partial charge in [0.1, 0.15) is 17.2 Å². The van der Waals surface area contributed by atoms with E-state index >= 15 is 0 Å². The molecule has 1 N–H and O–H groups in total. The summed E-state index contributed by atoms with van der Waals surface area (Å²) in [5.74, 6) is 1.76. The van der Waals surface area contributed by atoms with Gasteiger partial charge in [0.2, 0.25) is 6.29 Å². The third-order valence-electron chi connectivity index (χ3n) is 4.97. The Kier molecular flexibility index (Phi) is 8.68. The Labute approximate surface area is 199 Å². The minimum atomic E-state index is -1.36. The van der Waals surface area contributed by atoms with Crippen LogP contribution in [0.25, 0.3) is 0 Å². The van der Waals surface area contributed by atoms with Crippen molar-refractivity contribution in [3.05, 3.63) is 89.5 Å². The number of ether oxygens (including phenoxy) is 3. The number of alkyl halides is 2. The molecular formula is C26H28Cl2O4. The van der Waals surface area contributed by atoms with Gasteiger partial charge in [-0.2, -0.15) is 0 Å². The summed E-state index contributed by atoms with van der Waals surface area (Å²) < 4.78 is 18.2. The molecule has 0 fully saturated rings. The molecule has 0 heterocycles. The highest BCUT2D eigenvalue weighted by molar-refractivity contribution is 6.28. The van der Waals surface area contributed by atoms with E-state index in [1.807, 2.05) is 81.4 Å². The van der Waals surface area contributed by atoms with Crippen molar-refractivity contribution in [2.24, 2.45) is 0 Å². The fourth-order valence-corrected chi connectivity index (χ4v) is 3.46. The zero-order valence-corrected chi connectivity index (χ0v) is 19.9. The fraction of sp³-hybridized carbons (Fsp3) is 0.308. The number of aryl methyl sites for hydroxylation is 3. The monoisotopic (exact) mass is 474 g/mol. The van der Waals surface area contributed by atoms with E-state index in [0.29, 0.717) is 17.2 Å². The van der Waals surface area contributed by atoms with Crippen LogP contribution in [0.4, 0.5) is 0 Å². The highest BCUT2D eigenvalue weighted by atomic mass is 35.5. The van der Waals surface area contributed by atoms with E-state index in [1.165, 1.54) is 0 Å². The van der Waals surface area contributed by atoms with E-state index in [0.717, 1.165) is 16.7 Å². The molecule has 0 aliphatic heterocycles. The first-order valence-electron chi connectivity index (χ1n) is 10.4. The highest BCUT2D eigenvalue weighted by Crippen LogP contribution is 2.26. The summed E-state index contributed by atoms with van der Waals surface area (Å²) in [5, 5.41) is 10.4. The van der Waals surface area contributed by atoms with E-state index in [2.05, 4.69) is 0 Å². The number of halogens is 2. The summed E-state index contributed by atoms with van der Waals surface area (Å²) in [5.41, 5.74) is 3.28. The Hall–Kier alpha value is -2.40. The SMILES string of the molecule is Cc1ccc(OC(O)C(Oc2ccc(C)cc2)C(Oc2ccc(C)cc2)C(Cl)CCl)cc1. The maximum atomic E-state index is 11.1. The number of aliphatic hydroxyl groups is 1. The molecule has 0 saturated heterocycles. The Balaban J connectivity index is 1.90. The molecule has 3 aromatic carbocycles. The van der Waals surface area contributed by atoms with Crippen molar-refractivity contribution < 1.29 is 19.3 Å². The van der Waals surface area contributed by atoms with Gasteiger partial charge in [-0.15, -0.1) is 23.2 Å². The van der Waals surface area contributed by atoms with Gasteiger partial charge in [0.25, 0.3) is 0 Å². The Morgan fingerprint density at radius 1 is 0.625 bits per heavy atom. The zero-order chi connectivity index (χ0) is 23.1. The van der Waals surface area contributed by atoms with Crippen LogP contribution in [-0.2, 0) is 0 Å². The van der Waals surface area contributed by atoms with Gasteiger partial charge in [-0.05, 0) is 57.2 Å². The molecule has 6 heteroatoms. The van der Waals surface area contributed by atoms with E-state index in [9.17, 15) is 5.11 Å². The summed E-state index contributed by atoms with van der Waals surface area (Å²) in [4.78, 5) is 0. The summed E-state index contributed by atoms with van der Waals surface area (Å²) in [6, 6.07) is 22.5. The number of rotatable bonds is 10. The summed E-state index contributed by atoms with van der Waals surface area (Å²) in [6.07, 6.45) is -3.11. The van der Waals surface area contributed by atoms with Crippen LogP contribution in [0, 0.1) is 20.8 Å². The first kappa shape index (κ1) is 24.2. The molecule has 170 valence electrons. The van der Waals surface area contributed by atoms with Gasteiger partial charge in [-0.25, -0.2) is 0 Å². The van der Waals surface area contributed by atoms with E-state index < -0.39 is 23.9 Å². The standard InChI is InChI=1S/C26H28Cl2O4/c1-17-4-10-20(11-5-17)30-24(23(28)16-27)25(31-21-12-6-18(2)7-13-21)26(29)32-22-14-8-19(3)9-15-22/h4-15,23-26,29H,16H2,1-3H3. The van der Waals surface area contributed by atoms with E-state index in [4.69, 9.17) is 37.4 Å². The third-order valence-corrected chi connectivity index (χ3v) is 5.87. The second-order valence-corrected chi connectivity index (χ2v) is 8.65. The molecule has 4 unspecified atom stereocenters. The van der Waals surface area contributed by atoms with E-state index in [-0.39, 0.29) is 5.88 Å². The summed E-state index contributed by atoms with van der Waals surface area (Å²) in [6.45, 7) is 5.96. The summed E-state index contributed by atoms with van der Waals surface area (Å²) >= 11 is 12.7. The molecule has 32 heavy (non-hydrogen) atoms. The minimum absolute atomic E-state index is 0.100. The number of benzene rings is 3. The van der Waals surface area contributed by atoms with Gasteiger partial charge >= 0.3 is 0 Å². The van der Waals surface area contributed by atoms with Crippen LogP contribution in [0.5, 0.6) is 17.2 Å². The minimum Gasteiger partial charge on any atom is -0.485 e. The maximum Gasteiger partial charge on any atom is 0.238 e. The molecule has 0 bridgehead atoms. The first-order chi connectivity index (χ1) is 15.4. The largest absolute Gasteiger partial charge is 0.485 e. The average molecular weight is 475 g/mol. The van der Waals surface area contributed by atoms with Gasteiger partial charge in [0.15, 0.2) is 12.2 Å². The topological polar surface area (TPSA) is 47.9 Å². The molecule has 0 spiro atoms. The van der Waals surface area contributed by atoms with Crippen LogP contribution >= 0.6 is 23.2 Å². The molecule has 0 aromatic heterocycles. The van der Waals surface area contributed by atoms with Crippen LogP contribution in [0.15, 0.2) is 72.8 Å². The second-order valence-electron chi connectivity index (χ2n) is 7.78. The van der Waals surface area contributed by atoms with Crippen LogP contribution in [0.3, 0.4) is 0 Å². The highest BCUT2D eigenvalue weighted by Gasteiger charge is 2.38. The third kappa shape index (κ3) is 6.80. The molecular weight excluding hydrogens is 447 g/mol. The van der Waals surface area contributed by atoms with Gasteiger partial charge in [0, 0.05) is 5.88 Å². The van der Waals surface area contributed by atoms with Crippen LogP contribution in [0.2, 0.25) is 0 Å². The molecule has 4 nitrogen and oxygen atoms in total. The lowest BCUT2D eigenvalue weighted by Gasteiger charge is -2.33. The normalized spacial score (nSPS) is 14.8. The lowest BCUT2D eigenvalue weighted by atomic mass is 10.1. The quantitative estimate of drug-likeness (QED) is 0.287. The second kappa shape index (κ2) is 11.5. The van der Waals surface area contributed by atoms with Gasteiger partial charge in [-0.1, -0.05) is 53.1 Å².